The van der Waals surface area contributed by atoms with Gasteiger partial charge in [-0.2, -0.15) is 0 Å². The molecule has 18 heavy (non-hydrogen) atoms. The number of likely N-dealkylation sites (N-methyl/N-ethyl adjacent to an activating group) is 1. The Bertz CT molecular complexity index is 516. The fourth-order valence-electron chi connectivity index (χ4n) is 2.54. The van der Waals surface area contributed by atoms with Crippen LogP contribution in [0.1, 0.15) is 18.5 Å². The van der Waals surface area contributed by atoms with Crippen LogP contribution in [0.15, 0.2) is 24.4 Å². The van der Waals surface area contributed by atoms with Gasteiger partial charge in [-0.1, -0.05) is 0 Å². The largest absolute Gasteiger partial charge is 0.377 e. The van der Waals surface area contributed by atoms with Gasteiger partial charge in [0.05, 0.1) is 11.8 Å². The fraction of sp³-hybridized carbons (Fsp3) is 0.500. The zero-order valence-electron chi connectivity index (χ0n) is 10.7. The Kier molecular flexibility index (Phi) is 3.30. The van der Waals surface area contributed by atoms with Gasteiger partial charge in [-0.3, -0.25) is 4.90 Å². The van der Waals surface area contributed by atoms with Crippen LogP contribution in [0.2, 0.25) is 0 Å². The van der Waals surface area contributed by atoms with Gasteiger partial charge >= 0.3 is 0 Å². The molecule has 2 aromatic rings. The summed E-state index contributed by atoms with van der Waals surface area (Å²) >= 11 is 0. The number of hydrogen-bond acceptors (Lipinski definition) is 3. The lowest BCUT2D eigenvalue weighted by Crippen LogP contribution is -2.28. The van der Waals surface area contributed by atoms with Gasteiger partial charge < -0.3 is 9.72 Å². The Balaban J connectivity index is 1.63. The highest BCUT2D eigenvalue weighted by Crippen LogP contribution is 2.15. The summed E-state index contributed by atoms with van der Waals surface area (Å²) in [5.41, 5.74) is 2.07. The summed E-state index contributed by atoms with van der Waals surface area (Å²) in [6.07, 6.45) is 4.72. The van der Waals surface area contributed by atoms with Crippen molar-refractivity contribution in [3.63, 3.8) is 0 Å². The minimum absolute atomic E-state index is 0.407. The van der Waals surface area contributed by atoms with Crippen LogP contribution in [0.5, 0.6) is 0 Å². The summed E-state index contributed by atoms with van der Waals surface area (Å²) in [4.78, 5) is 10.0. The lowest BCUT2D eigenvalue weighted by molar-refractivity contribution is 0.0790. The summed E-state index contributed by atoms with van der Waals surface area (Å²) in [5, 5.41) is 1.17. The standard InChI is InChI=1S/C14H19N3O/c1-17(10-13-3-2-8-18-13)9-12-5-4-11-6-7-15-14(11)16-12/h4-7,13H,2-3,8-10H2,1H3,(H,15,16)/t13-/m0/s1. The first-order chi connectivity index (χ1) is 8.81. The number of pyridine rings is 1. The zero-order chi connectivity index (χ0) is 12.4. The number of aromatic amines is 1. The molecule has 0 bridgehead atoms. The molecule has 0 aromatic carbocycles. The molecular formula is C14H19N3O. The molecule has 0 radical (unpaired) electrons. The third-order valence-corrected chi connectivity index (χ3v) is 3.44. The van der Waals surface area contributed by atoms with Crippen molar-refractivity contribution in [1.82, 2.24) is 14.9 Å². The first-order valence-electron chi connectivity index (χ1n) is 6.54. The van der Waals surface area contributed by atoms with Crippen LogP contribution >= 0.6 is 0 Å². The number of aromatic nitrogens is 2. The summed E-state index contributed by atoms with van der Waals surface area (Å²) in [5.74, 6) is 0. The molecule has 0 saturated carbocycles. The molecule has 2 aromatic heterocycles. The molecule has 0 unspecified atom stereocenters. The van der Waals surface area contributed by atoms with E-state index in [-0.39, 0.29) is 0 Å². The highest BCUT2D eigenvalue weighted by Gasteiger charge is 2.17. The highest BCUT2D eigenvalue weighted by atomic mass is 16.5. The van der Waals surface area contributed by atoms with E-state index in [0.29, 0.717) is 6.10 Å². The maximum atomic E-state index is 5.65. The topological polar surface area (TPSA) is 41.2 Å². The smallest absolute Gasteiger partial charge is 0.137 e. The molecule has 4 nitrogen and oxygen atoms in total. The summed E-state index contributed by atoms with van der Waals surface area (Å²) < 4.78 is 5.65. The second-order valence-corrected chi connectivity index (χ2v) is 5.05. The lowest BCUT2D eigenvalue weighted by atomic mass is 10.2. The van der Waals surface area contributed by atoms with Crippen LogP contribution in [-0.4, -0.2) is 41.2 Å². The maximum absolute atomic E-state index is 5.65. The van der Waals surface area contributed by atoms with Crippen molar-refractivity contribution in [2.45, 2.75) is 25.5 Å². The predicted octanol–water partition coefficient (Wildman–Crippen LogP) is 2.17. The Morgan fingerprint density at radius 3 is 3.22 bits per heavy atom. The third kappa shape index (κ3) is 2.54. The molecular weight excluding hydrogens is 226 g/mol. The first-order valence-corrected chi connectivity index (χ1v) is 6.54. The number of fused-ring (bicyclic) bond motifs is 1. The van der Waals surface area contributed by atoms with E-state index in [9.17, 15) is 0 Å². The van der Waals surface area contributed by atoms with Gasteiger partial charge in [0.1, 0.15) is 5.65 Å². The second kappa shape index (κ2) is 5.08. The van der Waals surface area contributed by atoms with Crippen molar-refractivity contribution in [2.75, 3.05) is 20.2 Å². The van der Waals surface area contributed by atoms with Crippen LogP contribution in [0, 0.1) is 0 Å². The molecule has 3 rings (SSSR count). The number of rotatable bonds is 4. The van der Waals surface area contributed by atoms with E-state index >= 15 is 0 Å². The molecule has 1 N–H and O–H groups in total. The van der Waals surface area contributed by atoms with Crippen LogP contribution in [0.3, 0.4) is 0 Å². The van der Waals surface area contributed by atoms with Crippen molar-refractivity contribution in [2.24, 2.45) is 0 Å². The summed E-state index contributed by atoms with van der Waals surface area (Å²) in [6.45, 7) is 2.78. The monoisotopic (exact) mass is 245 g/mol. The number of ether oxygens (including phenoxy) is 1. The molecule has 1 atom stereocenters. The average Bonchev–Trinajstić information content (AvgIpc) is 2.98. The van der Waals surface area contributed by atoms with Gasteiger partial charge in [0.15, 0.2) is 0 Å². The van der Waals surface area contributed by atoms with E-state index in [0.717, 1.165) is 31.0 Å². The molecule has 0 aliphatic carbocycles. The minimum Gasteiger partial charge on any atom is -0.377 e. The van der Waals surface area contributed by atoms with E-state index < -0.39 is 0 Å². The van der Waals surface area contributed by atoms with Gasteiger partial charge in [0.25, 0.3) is 0 Å². The molecule has 0 amide bonds. The fourth-order valence-corrected chi connectivity index (χ4v) is 2.54. The van der Waals surface area contributed by atoms with Crippen LogP contribution in [0.25, 0.3) is 11.0 Å². The minimum atomic E-state index is 0.407. The van der Waals surface area contributed by atoms with Crippen LogP contribution in [-0.2, 0) is 11.3 Å². The van der Waals surface area contributed by atoms with E-state index in [4.69, 9.17) is 4.74 Å². The van der Waals surface area contributed by atoms with Crippen molar-refractivity contribution in [3.8, 4) is 0 Å². The van der Waals surface area contributed by atoms with Crippen molar-refractivity contribution < 1.29 is 4.74 Å². The van der Waals surface area contributed by atoms with E-state index in [1.807, 2.05) is 12.3 Å². The second-order valence-electron chi connectivity index (χ2n) is 5.05. The molecule has 96 valence electrons. The van der Waals surface area contributed by atoms with Gasteiger partial charge in [-0.15, -0.1) is 0 Å². The molecule has 4 heteroatoms. The summed E-state index contributed by atoms with van der Waals surface area (Å²) in [6, 6.07) is 6.26. The molecule has 3 heterocycles. The van der Waals surface area contributed by atoms with Crippen molar-refractivity contribution in [1.29, 1.82) is 0 Å². The molecule has 1 aliphatic heterocycles. The Morgan fingerprint density at radius 1 is 1.44 bits per heavy atom. The normalized spacial score (nSPS) is 20.0. The Hall–Kier alpha value is -1.39. The van der Waals surface area contributed by atoms with E-state index in [1.165, 1.54) is 18.2 Å². The number of hydrogen-bond donors (Lipinski definition) is 1. The van der Waals surface area contributed by atoms with E-state index in [1.54, 1.807) is 0 Å². The Labute approximate surface area is 107 Å². The highest BCUT2D eigenvalue weighted by molar-refractivity contribution is 5.75. The van der Waals surface area contributed by atoms with Crippen molar-refractivity contribution in [3.05, 3.63) is 30.1 Å². The lowest BCUT2D eigenvalue weighted by Gasteiger charge is -2.19. The van der Waals surface area contributed by atoms with E-state index in [2.05, 4.69) is 34.0 Å². The Morgan fingerprint density at radius 2 is 2.39 bits per heavy atom. The van der Waals surface area contributed by atoms with Gasteiger partial charge in [0.2, 0.25) is 0 Å². The molecule has 1 saturated heterocycles. The van der Waals surface area contributed by atoms with Crippen LogP contribution < -0.4 is 0 Å². The molecule has 1 aliphatic rings. The maximum Gasteiger partial charge on any atom is 0.137 e. The predicted molar refractivity (Wildman–Crippen MR) is 71.4 cm³/mol. The quantitative estimate of drug-likeness (QED) is 0.897. The van der Waals surface area contributed by atoms with Crippen molar-refractivity contribution >= 4 is 11.0 Å². The van der Waals surface area contributed by atoms with Gasteiger partial charge in [0, 0.05) is 31.3 Å². The van der Waals surface area contributed by atoms with Gasteiger partial charge in [-0.05, 0) is 38.1 Å². The third-order valence-electron chi connectivity index (χ3n) is 3.44. The summed E-state index contributed by atoms with van der Waals surface area (Å²) in [7, 11) is 2.13. The van der Waals surface area contributed by atoms with Crippen LogP contribution in [0.4, 0.5) is 0 Å². The number of H-pyrrole nitrogens is 1. The number of nitrogens with one attached hydrogen (secondary N) is 1. The average molecular weight is 245 g/mol. The zero-order valence-corrected chi connectivity index (χ0v) is 10.7. The van der Waals surface area contributed by atoms with Gasteiger partial charge in [-0.25, -0.2) is 4.98 Å². The first kappa shape index (κ1) is 11.7. The molecule has 1 fully saturated rings. The number of nitrogens with zero attached hydrogens (tertiary/aromatic N) is 2. The molecule has 0 spiro atoms. The SMILES string of the molecule is CN(Cc1ccc2cc[nH]c2n1)C[C@@H]1CCCO1.